The molecular weight excluding hydrogens is 356 g/mol. The van der Waals surface area contributed by atoms with Crippen molar-refractivity contribution in [3.8, 4) is 5.75 Å². The van der Waals surface area contributed by atoms with Crippen molar-refractivity contribution in [1.29, 1.82) is 0 Å². The van der Waals surface area contributed by atoms with Crippen molar-refractivity contribution in [3.05, 3.63) is 57.2 Å². The number of hydrogen-bond acceptors (Lipinski definition) is 5. The summed E-state index contributed by atoms with van der Waals surface area (Å²) in [4.78, 5) is 11.8. The largest absolute Gasteiger partial charge is 0.496 e. The minimum absolute atomic E-state index is 0.0812. The van der Waals surface area contributed by atoms with Crippen LogP contribution in [0.4, 0.5) is 0 Å². The first-order valence-corrected chi connectivity index (χ1v) is 9.61. The molecule has 2 saturated heterocycles. The van der Waals surface area contributed by atoms with Crippen LogP contribution in [-0.4, -0.2) is 30.5 Å². The van der Waals surface area contributed by atoms with E-state index in [1.807, 2.05) is 26.8 Å². The van der Waals surface area contributed by atoms with Gasteiger partial charge in [-0.1, -0.05) is 23.3 Å². The Morgan fingerprint density at radius 1 is 1.14 bits per heavy atom. The second kappa shape index (κ2) is 7.05. The predicted molar refractivity (Wildman–Crippen MR) is 110 cm³/mol. The van der Waals surface area contributed by atoms with Gasteiger partial charge in [0.25, 0.3) is 0 Å². The molecule has 2 aliphatic rings. The van der Waals surface area contributed by atoms with E-state index in [0.29, 0.717) is 11.5 Å². The summed E-state index contributed by atoms with van der Waals surface area (Å²) >= 11 is 0. The van der Waals surface area contributed by atoms with Crippen molar-refractivity contribution in [3.63, 3.8) is 0 Å². The van der Waals surface area contributed by atoms with E-state index < -0.39 is 11.2 Å². The molecule has 0 unspecified atom stereocenters. The fourth-order valence-electron chi connectivity index (χ4n) is 4.31. The third kappa shape index (κ3) is 3.61. The second-order valence-electron chi connectivity index (χ2n) is 8.32. The molecule has 5 heteroatoms. The Hall–Kier alpha value is -2.11. The normalized spacial score (nSPS) is 33.1. The number of fused-ring (bicyclic) bond motifs is 1. The van der Waals surface area contributed by atoms with Crippen LogP contribution >= 0.6 is 0 Å². The van der Waals surface area contributed by atoms with Crippen LogP contribution in [0.1, 0.15) is 52.9 Å². The predicted octanol–water partition coefficient (Wildman–Crippen LogP) is 4.59. The molecule has 3 rings (SSSR count). The van der Waals surface area contributed by atoms with Crippen LogP contribution < -0.4 is 10.4 Å². The van der Waals surface area contributed by atoms with Gasteiger partial charge < -0.3 is 18.6 Å². The zero-order valence-corrected chi connectivity index (χ0v) is 18.0. The standard InChI is InChI=1S/C23H30O5/c1-13(10-15(3)20-16(4)18(25-8)11-19(24)26-20)9-14(2)12-22(6)21-23(7,28-21)17(5)27-22/h9-12,17,21H,1-8H3/b13-9+,14-12+,15-10+/t17-,21+,22+,23-/m1/s1. The first-order valence-electron chi connectivity index (χ1n) is 9.61. The van der Waals surface area contributed by atoms with E-state index in [-0.39, 0.29) is 17.8 Å². The Morgan fingerprint density at radius 2 is 1.82 bits per heavy atom. The minimum atomic E-state index is -0.421. The summed E-state index contributed by atoms with van der Waals surface area (Å²) in [5.41, 5.74) is 2.82. The molecule has 3 heterocycles. The molecule has 0 aliphatic carbocycles. The Morgan fingerprint density at radius 3 is 2.36 bits per heavy atom. The summed E-state index contributed by atoms with van der Waals surface area (Å²) < 4.78 is 22.7. The lowest BCUT2D eigenvalue weighted by atomic mass is 9.93. The smallest absolute Gasteiger partial charge is 0.339 e. The van der Waals surface area contributed by atoms with Crippen LogP contribution in [0.25, 0.3) is 5.57 Å². The van der Waals surface area contributed by atoms with Crippen molar-refractivity contribution in [1.82, 2.24) is 0 Å². The third-order valence-corrected chi connectivity index (χ3v) is 5.75. The molecule has 0 radical (unpaired) electrons. The average molecular weight is 386 g/mol. The highest BCUT2D eigenvalue weighted by atomic mass is 16.7. The number of allylic oxidation sites excluding steroid dienone is 5. The van der Waals surface area contributed by atoms with E-state index >= 15 is 0 Å². The maximum absolute atomic E-state index is 11.8. The molecule has 1 aromatic heterocycles. The topological polar surface area (TPSA) is 61.2 Å². The first kappa shape index (κ1) is 20.6. The van der Waals surface area contributed by atoms with Gasteiger partial charge in [0.05, 0.1) is 19.3 Å². The molecule has 28 heavy (non-hydrogen) atoms. The van der Waals surface area contributed by atoms with Crippen LogP contribution in [0.3, 0.4) is 0 Å². The molecule has 0 bridgehead atoms. The molecule has 2 fully saturated rings. The zero-order valence-electron chi connectivity index (χ0n) is 18.0. The molecule has 0 N–H and O–H groups in total. The molecule has 1 aromatic rings. The Bertz CT molecular complexity index is 935. The summed E-state index contributed by atoms with van der Waals surface area (Å²) in [5.74, 6) is 1.07. The highest BCUT2D eigenvalue weighted by molar-refractivity contribution is 5.66. The van der Waals surface area contributed by atoms with E-state index in [1.165, 1.54) is 6.07 Å². The number of ether oxygens (including phenoxy) is 3. The van der Waals surface area contributed by atoms with Gasteiger partial charge in [0.1, 0.15) is 28.8 Å². The van der Waals surface area contributed by atoms with Gasteiger partial charge in [0.2, 0.25) is 0 Å². The number of epoxide rings is 1. The van der Waals surface area contributed by atoms with Crippen LogP contribution in [0.5, 0.6) is 5.75 Å². The Kier molecular flexibility index (Phi) is 5.19. The molecule has 0 amide bonds. The van der Waals surface area contributed by atoms with Crippen LogP contribution in [-0.2, 0) is 9.47 Å². The summed E-state index contributed by atoms with van der Waals surface area (Å²) in [5, 5.41) is 0. The van der Waals surface area contributed by atoms with Crippen molar-refractivity contribution in [2.75, 3.05) is 7.11 Å². The van der Waals surface area contributed by atoms with Gasteiger partial charge in [-0.2, -0.15) is 0 Å². The van der Waals surface area contributed by atoms with E-state index in [1.54, 1.807) is 7.11 Å². The quantitative estimate of drug-likeness (QED) is 0.547. The summed E-state index contributed by atoms with van der Waals surface area (Å²) in [7, 11) is 1.55. The second-order valence-corrected chi connectivity index (χ2v) is 8.32. The van der Waals surface area contributed by atoms with Gasteiger partial charge in [-0.25, -0.2) is 4.79 Å². The van der Waals surface area contributed by atoms with Crippen LogP contribution in [0, 0.1) is 6.92 Å². The van der Waals surface area contributed by atoms with Gasteiger partial charge >= 0.3 is 5.63 Å². The van der Waals surface area contributed by atoms with Crippen LogP contribution in [0.2, 0.25) is 0 Å². The van der Waals surface area contributed by atoms with Gasteiger partial charge in [0, 0.05) is 5.56 Å². The lowest BCUT2D eigenvalue weighted by molar-refractivity contribution is -0.0719. The maximum atomic E-state index is 11.8. The van der Waals surface area contributed by atoms with Crippen molar-refractivity contribution < 1.29 is 18.6 Å². The monoisotopic (exact) mass is 386 g/mol. The molecule has 4 atom stereocenters. The summed E-state index contributed by atoms with van der Waals surface area (Å²) in [6.45, 7) is 14.1. The van der Waals surface area contributed by atoms with E-state index in [9.17, 15) is 4.79 Å². The van der Waals surface area contributed by atoms with Crippen LogP contribution in [0.15, 0.2) is 44.7 Å². The molecule has 0 saturated carbocycles. The Balaban J connectivity index is 1.84. The lowest BCUT2D eigenvalue weighted by Gasteiger charge is -2.24. The van der Waals surface area contributed by atoms with Crippen molar-refractivity contribution in [2.45, 2.75) is 71.9 Å². The fraction of sp³-hybridized carbons (Fsp3) is 0.522. The van der Waals surface area contributed by atoms with Gasteiger partial charge in [-0.3, -0.25) is 0 Å². The number of hydrogen-bond donors (Lipinski definition) is 0. The van der Waals surface area contributed by atoms with Gasteiger partial charge in [-0.05, 0) is 60.1 Å². The van der Waals surface area contributed by atoms with Gasteiger partial charge in [0.15, 0.2) is 0 Å². The lowest BCUT2D eigenvalue weighted by Crippen LogP contribution is -2.30. The van der Waals surface area contributed by atoms with Crippen molar-refractivity contribution >= 4 is 5.57 Å². The average Bonchev–Trinajstić information content (AvgIpc) is 3.25. The number of methoxy groups -OCH3 is 1. The van der Waals surface area contributed by atoms with Gasteiger partial charge in [-0.15, -0.1) is 0 Å². The minimum Gasteiger partial charge on any atom is -0.496 e. The maximum Gasteiger partial charge on any atom is 0.339 e. The zero-order chi connectivity index (χ0) is 20.9. The number of rotatable bonds is 5. The van der Waals surface area contributed by atoms with E-state index in [0.717, 1.165) is 22.3 Å². The SMILES string of the molecule is COc1cc(=O)oc(/C(C)=C/C(C)=C/C(C)=C/[C@]2(C)O[C@H](C)[C@@]3(C)O[C@H]32)c1C. The molecule has 0 aromatic carbocycles. The molecule has 0 spiro atoms. The summed E-state index contributed by atoms with van der Waals surface area (Å²) in [6, 6.07) is 1.36. The van der Waals surface area contributed by atoms with Crippen molar-refractivity contribution in [2.24, 2.45) is 0 Å². The molecule has 5 nitrogen and oxygen atoms in total. The first-order chi connectivity index (χ1) is 13.0. The third-order valence-electron chi connectivity index (χ3n) is 5.75. The van der Waals surface area contributed by atoms with E-state index in [2.05, 4.69) is 39.8 Å². The highest BCUT2D eigenvalue weighted by Gasteiger charge is 2.70. The highest BCUT2D eigenvalue weighted by Crippen LogP contribution is 2.55. The fourth-order valence-corrected chi connectivity index (χ4v) is 4.31. The Labute approximate surface area is 166 Å². The van der Waals surface area contributed by atoms with E-state index in [4.69, 9.17) is 18.6 Å². The molecular formula is C23H30O5. The molecule has 2 aliphatic heterocycles. The summed E-state index contributed by atoms with van der Waals surface area (Å²) in [6.07, 6.45) is 6.41. The molecule has 152 valence electrons.